The van der Waals surface area contributed by atoms with Gasteiger partial charge < -0.3 is 5.32 Å². The molecule has 0 bridgehead atoms. The van der Waals surface area contributed by atoms with Gasteiger partial charge in [-0.15, -0.1) is 5.10 Å². The fourth-order valence-corrected chi connectivity index (χ4v) is 2.00. The summed E-state index contributed by atoms with van der Waals surface area (Å²) in [7, 11) is 1.81. The third-order valence-corrected chi connectivity index (χ3v) is 3.06. The number of aromatic nitrogens is 4. The molecule has 1 heterocycles. The molecule has 0 amide bonds. The molecule has 1 aromatic heterocycles. The van der Waals surface area contributed by atoms with Crippen LogP contribution in [0.25, 0.3) is 0 Å². The lowest BCUT2D eigenvalue weighted by atomic mass is 10.2. The number of thioether (sulfide) groups is 1. The average molecular weight is 240 g/mol. The van der Waals surface area contributed by atoms with Gasteiger partial charge in [-0.1, -0.05) is 18.7 Å². The maximum absolute atomic E-state index is 8.90. The second-order valence-corrected chi connectivity index (χ2v) is 4.42. The molecule has 1 rings (SSSR count). The van der Waals surface area contributed by atoms with Crippen molar-refractivity contribution in [3.8, 4) is 6.07 Å². The molecule has 6 nitrogen and oxygen atoms in total. The van der Waals surface area contributed by atoms with Crippen LogP contribution in [0, 0.1) is 11.3 Å². The highest BCUT2D eigenvalue weighted by atomic mass is 32.2. The first-order valence-corrected chi connectivity index (χ1v) is 6.24. The van der Waals surface area contributed by atoms with Crippen molar-refractivity contribution in [2.24, 2.45) is 7.05 Å². The highest BCUT2D eigenvalue weighted by Crippen LogP contribution is 2.14. The lowest BCUT2D eigenvalue weighted by molar-refractivity contribution is 0.585. The highest BCUT2D eigenvalue weighted by molar-refractivity contribution is 7.99. The lowest BCUT2D eigenvalue weighted by Crippen LogP contribution is -2.28. The molecule has 88 valence electrons. The predicted octanol–water partition coefficient (Wildman–Crippen LogP) is 0.584. The molecule has 1 unspecified atom stereocenters. The van der Waals surface area contributed by atoms with Crippen molar-refractivity contribution in [2.75, 3.05) is 12.3 Å². The molecule has 0 aliphatic carbocycles. The van der Waals surface area contributed by atoms with Crippen molar-refractivity contribution in [3.05, 3.63) is 0 Å². The molecule has 1 aromatic rings. The van der Waals surface area contributed by atoms with Crippen molar-refractivity contribution in [3.63, 3.8) is 0 Å². The summed E-state index contributed by atoms with van der Waals surface area (Å²) in [6.45, 7) is 2.97. The molecule has 0 spiro atoms. The zero-order valence-corrected chi connectivity index (χ0v) is 10.4. The predicted molar refractivity (Wildman–Crippen MR) is 61.8 cm³/mol. The van der Waals surface area contributed by atoms with Gasteiger partial charge in [0.2, 0.25) is 5.16 Å². The lowest BCUT2D eigenvalue weighted by Gasteiger charge is -2.09. The number of nitriles is 1. The molecule has 0 radical (unpaired) electrons. The Morgan fingerprint density at radius 1 is 1.62 bits per heavy atom. The van der Waals surface area contributed by atoms with Gasteiger partial charge in [0.05, 0.1) is 12.1 Å². The topological polar surface area (TPSA) is 79.4 Å². The second kappa shape index (κ2) is 7.19. The Morgan fingerprint density at radius 3 is 3.00 bits per heavy atom. The number of nitrogens with zero attached hydrogens (tertiary/aromatic N) is 5. The number of hydrogen-bond acceptors (Lipinski definition) is 6. The van der Waals surface area contributed by atoms with Crippen molar-refractivity contribution in [2.45, 2.75) is 31.0 Å². The molecular formula is C9H16N6S. The minimum atomic E-state index is -0.0753. The fraction of sp³-hybridized carbons (Fsp3) is 0.778. The second-order valence-electron chi connectivity index (χ2n) is 3.36. The zero-order valence-electron chi connectivity index (χ0n) is 9.55. The third kappa shape index (κ3) is 4.16. The van der Waals surface area contributed by atoms with Gasteiger partial charge in [-0.25, -0.2) is 4.68 Å². The number of hydrogen-bond donors (Lipinski definition) is 1. The van der Waals surface area contributed by atoms with Crippen molar-refractivity contribution in [1.82, 2.24) is 25.5 Å². The van der Waals surface area contributed by atoms with Crippen LogP contribution in [0.5, 0.6) is 0 Å². The normalized spacial score (nSPS) is 12.3. The van der Waals surface area contributed by atoms with Crippen LogP contribution in [0.1, 0.15) is 19.8 Å². The minimum absolute atomic E-state index is 0.0753. The number of rotatable bonds is 7. The summed E-state index contributed by atoms with van der Waals surface area (Å²) in [5, 5.41) is 24.0. The van der Waals surface area contributed by atoms with Crippen LogP contribution >= 0.6 is 11.8 Å². The Morgan fingerprint density at radius 2 is 2.44 bits per heavy atom. The smallest absolute Gasteiger partial charge is 0.209 e. The first kappa shape index (κ1) is 12.9. The van der Waals surface area contributed by atoms with Gasteiger partial charge in [0.15, 0.2) is 0 Å². The Hall–Kier alpha value is -1.13. The van der Waals surface area contributed by atoms with Gasteiger partial charge in [0, 0.05) is 12.8 Å². The summed E-state index contributed by atoms with van der Waals surface area (Å²) >= 11 is 1.57. The Kier molecular flexibility index (Phi) is 5.82. The van der Waals surface area contributed by atoms with Crippen molar-refractivity contribution in [1.29, 1.82) is 5.26 Å². The van der Waals surface area contributed by atoms with E-state index < -0.39 is 0 Å². The van der Waals surface area contributed by atoms with Crippen molar-refractivity contribution < 1.29 is 0 Å². The SMILES string of the molecule is CCCNC(C#N)CCSc1nnnn1C. The minimum Gasteiger partial charge on any atom is -0.302 e. The molecule has 0 aliphatic heterocycles. The summed E-state index contributed by atoms with van der Waals surface area (Å²) in [6, 6.07) is 2.17. The summed E-state index contributed by atoms with van der Waals surface area (Å²) in [6.07, 6.45) is 1.84. The molecule has 0 fully saturated rings. The van der Waals surface area contributed by atoms with Gasteiger partial charge in [0.25, 0.3) is 0 Å². The van der Waals surface area contributed by atoms with Gasteiger partial charge in [-0.3, -0.25) is 0 Å². The van der Waals surface area contributed by atoms with Crippen molar-refractivity contribution >= 4 is 11.8 Å². The number of aryl methyl sites for hydroxylation is 1. The molecule has 0 saturated carbocycles. The van der Waals surface area contributed by atoms with Crippen LogP contribution in [0.15, 0.2) is 5.16 Å². The van der Waals surface area contributed by atoms with Crippen LogP contribution < -0.4 is 5.32 Å². The first-order valence-electron chi connectivity index (χ1n) is 5.26. The van der Waals surface area contributed by atoms with Crippen LogP contribution in [-0.2, 0) is 7.05 Å². The van der Waals surface area contributed by atoms with E-state index in [0.717, 1.165) is 30.3 Å². The van der Waals surface area contributed by atoms with E-state index in [0.29, 0.717) is 0 Å². The molecular weight excluding hydrogens is 224 g/mol. The number of nitrogens with one attached hydrogen (secondary N) is 1. The molecule has 1 N–H and O–H groups in total. The van der Waals surface area contributed by atoms with Crippen LogP contribution in [0.4, 0.5) is 0 Å². The number of tetrazole rings is 1. The van der Waals surface area contributed by atoms with E-state index in [1.165, 1.54) is 0 Å². The monoisotopic (exact) mass is 240 g/mol. The highest BCUT2D eigenvalue weighted by Gasteiger charge is 2.08. The van der Waals surface area contributed by atoms with E-state index in [4.69, 9.17) is 5.26 Å². The van der Waals surface area contributed by atoms with E-state index >= 15 is 0 Å². The van der Waals surface area contributed by atoms with Crippen LogP contribution in [0.3, 0.4) is 0 Å². The van der Waals surface area contributed by atoms with Crippen LogP contribution in [0.2, 0.25) is 0 Å². The molecule has 7 heteroatoms. The van der Waals surface area contributed by atoms with E-state index in [2.05, 4.69) is 33.8 Å². The molecule has 0 aliphatic rings. The Labute approximate surface area is 99.4 Å². The first-order chi connectivity index (χ1) is 7.77. The molecule has 0 saturated heterocycles. The van der Waals surface area contributed by atoms with Gasteiger partial charge in [-0.2, -0.15) is 5.26 Å². The summed E-state index contributed by atoms with van der Waals surface area (Å²) in [4.78, 5) is 0. The van der Waals surface area contributed by atoms with E-state index in [-0.39, 0.29) is 6.04 Å². The fourth-order valence-electron chi connectivity index (χ4n) is 1.14. The largest absolute Gasteiger partial charge is 0.302 e. The molecule has 16 heavy (non-hydrogen) atoms. The quantitative estimate of drug-likeness (QED) is 0.702. The Bertz CT molecular complexity index is 344. The zero-order chi connectivity index (χ0) is 11.8. The third-order valence-electron chi connectivity index (χ3n) is 2.02. The van der Waals surface area contributed by atoms with Crippen LogP contribution in [-0.4, -0.2) is 38.5 Å². The van der Waals surface area contributed by atoms with Gasteiger partial charge in [0.1, 0.15) is 0 Å². The summed E-state index contributed by atoms with van der Waals surface area (Å²) in [5.41, 5.74) is 0. The summed E-state index contributed by atoms with van der Waals surface area (Å²) in [5.74, 6) is 0.836. The summed E-state index contributed by atoms with van der Waals surface area (Å²) < 4.78 is 1.63. The molecule has 1 atom stereocenters. The molecule has 0 aromatic carbocycles. The van der Waals surface area contributed by atoms with Gasteiger partial charge >= 0.3 is 0 Å². The van der Waals surface area contributed by atoms with E-state index in [1.54, 1.807) is 23.5 Å². The van der Waals surface area contributed by atoms with Gasteiger partial charge in [-0.05, 0) is 29.8 Å². The maximum atomic E-state index is 8.90. The average Bonchev–Trinajstić information content (AvgIpc) is 2.69. The standard InChI is InChI=1S/C9H16N6S/c1-3-5-11-8(7-10)4-6-16-9-12-13-14-15(9)2/h8,11H,3-6H2,1-2H3. The van der Waals surface area contributed by atoms with E-state index in [9.17, 15) is 0 Å². The van der Waals surface area contributed by atoms with E-state index in [1.807, 2.05) is 0 Å². The maximum Gasteiger partial charge on any atom is 0.209 e. The Balaban J connectivity index is 2.24.